The summed E-state index contributed by atoms with van der Waals surface area (Å²) in [4.78, 5) is 5.26. The number of amidine groups is 1. The lowest BCUT2D eigenvalue weighted by Crippen LogP contribution is -2.13. The van der Waals surface area contributed by atoms with Crippen molar-refractivity contribution in [2.24, 2.45) is 10.9 Å². The summed E-state index contributed by atoms with van der Waals surface area (Å²) in [6.07, 6.45) is 1.75. The molecule has 3 N–H and O–H groups in total. The van der Waals surface area contributed by atoms with E-state index in [1.807, 2.05) is 30.3 Å². The number of halogens is 1. The van der Waals surface area contributed by atoms with E-state index >= 15 is 0 Å². The van der Waals surface area contributed by atoms with Gasteiger partial charge in [0.05, 0.1) is 0 Å². The topological polar surface area (TPSA) is 71.5 Å². The molecule has 18 heavy (non-hydrogen) atoms. The average Bonchev–Trinajstić information content (AvgIpc) is 2.39. The Morgan fingerprint density at radius 2 is 2.17 bits per heavy atom. The molecule has 1 aromatic heterocycles. The number of hydrogen-bond acceptors (Lipinski definition) is 4. The van der Waals surface area contributed by atoms with Crippen molar-refractivity contribution in [2.75, 3.05) is 0 Å². The van der Waals surface area contributed by atoms with E-state index in [1.54, 1.807) is 24.0 Å². The minimum absolute atomic E-state index is 0.0799. The van der Waals surface area contributed by atoms with Crippen LogP contribution in [0.15, 0.2) is 62.1 Å². The highest BCUT2D eigenvalue weighted by Gasteiger charge is 2.07. The van der Waals surface area contributed by atoms with Crippen molar-refractivity contribution in [3.8, 4) is 0 Å². The van der Waals surface area contributed by atoms with Gasteiger partial charge in [0.2, 0.25) is 0 Å². The maximum absolute atomic E-state index is 8.64. The molecule has 0 fully saturated rings. The van der Waals surface area contributed by atoms with E-state index < -0.39 is 0 Å². The van der Waals surface area contributed by atoms with Crippen LogP contribution < -0.4 is 5.73 Å². The molecule has 0 radical (unpaired) electrons. The number of rotatable bonds is 3. The zero-order valence-electron chi connectivity index (χ0n) is 9.25. The number of oxime groups is 1. The minimum atomic E-state index is 0.0799. The predicted octanol–water partition coefficient (Wildman–Crippen LogP) is 3.09. The fraction of sp³-hybridized carbons (Fsp3) is 0. The monoisotopic (exact) mass is 323 g/mol. The van der Waals surface area contributed by atoms with Gasteiger partial charge in [-0.2, -0.15) is 0 Å². The predicted molar refractivity (Wildman–Crippen MR) is 75.0 cm³/mol. The van der Waals surface area contributed by atoms with Crippen LogP contribution in [0.5, 0.6) is 0 Å². The Bertz CT molecular complexity index is 575. The molecule has 0 saturated heterocycles. The van der Waals surface area contributed by atoms with Crippen molar-refractivity contribution < 1.29 is 5.21 Å². The molecule has 0 saturated carbocycles. The molecule has 1 aromatic carbocycles. The molecular weight excluding hydrogens is 314 g/mol. The number of hydrogen-bond donors (Lipinski definition) is 2. The summed E-state index contributed by atoms with van der Waals surface area (Å²) in [5.41, 5.74) is 6.20. The Hall–Kier alpha value is -1.53. The molecule has 4 nitrogen and oxygen atoms in total. The van der Waals surface area contributed by atoms with Gasteiger partial charge in [-0.05, 0) is 46.3 Å². The van der Waals surface area contributed by atoms with Crippen LogP contribution in [0.4, 0.5) is 0 Å². The molecule has 92 valence electrons. The van der Waals surface area contributed by atoms with Crippen LogP contribution in [0.2, 0.25) is 0 Å². The van der Waals surface area contributed by atoms with Crippen LogP contribution >= 0.6 is 27.7 Å². The van der Waals surface area contributed by atoms with Crippen LogP contribution in [0.25, 0.3) is 0 Å². The Balaban J connectivity index is 2.25. The second kappa shape index (κ2) is 5.88. The van der Waals surface area contributed by atoms with Crippen molar-refractivity contribution in [2.45, 2.75) is 9.92 Å². The Morgan fingerprint density at radius 3 is 2.78 bits per heavy atom. The number of benzene rings is 1. The van der Waals surface area contributed by atoms with Gasteiger partial charge in [0.25, 0.3) is 0 Å². The fourth-order valence-electron chi connectivity index (χ4n) is 1.35. The van der Waals surface area contributed by atoms with Gasteiger partial charge >= 0.3 is 0 Å². The maximum atomic E-state index is 8.64. The van der Waals surface area contributed by atoms with Crippen molar-refractivity contribution in [1.82, 2.24) is 4.98 Å². The summed E-state index contributed by atoms with van der Waals surface area (Å²) in [5.74, 6) is 0.0799. The van der Waals surface area contributed by atoms with Crippen LogP contribution in [0.1, 0.15) is 5.56 Å². The molecule has 0 atom stereocenters. The summed E-state index contributed by atoms with van der Waals surface area (Å²) < 4.78 is 0.777. The largest absolute Gasteiger partial charge is 0.409 e. The lowest BCUT2D eigenvalue weighted by atomic mass is 10.2. The van der Waals surface area contributed by atoms with Crippen LogP contribution in [-0.4, -0.2) is 16.0 Å². The lowest BCUT2D eigenvalue weighted by Gasteiger charge is -2.05. The second-order valence-corrected chi connectivity index (χ2v) is 5.35. The molecule has 0 aliphatic carbocycles. The SMILES string of the molecule is N/C(=N/O)c1ccc(Sc2ccccn2)cc1Br. The van der Waals surface area contributed by atoms with Crippen molar-refractivity contribution in [3.63, 3.8) is 0 Å². The van der Waals surface area contributed by atoms with E-state index in [2.05, 4.69) is 26.1 Å². The molecule has 2 aromatic rings. The van der Waals surface area contributed by atoms with Crippen molar-refractivity contribution in [1.29, 1.82) is 0 Å². The zero-order chi connectivity index (χ0) is 13.0. The Labute approximate surface area is 117 Å². The summed E-state index contributed by atoms with van der Waals surface area (Å²) in [7, 11) is 0. The molecule has 0 amide bonds. The highest BCUT2D eigenvalue weighted by molar-refractivity contribution is 9.10. The van der Waals surface area contributed by atoms with Gasteiger partial charge in [-0.15, -0.1) is 0 Å². The van der Waals surface area contributed by atoms with Gasteiger partial charge in [0.15, 0.2) is 5.84 Å². The summed E-state index contributed by atoms with van der Waals surface area (Å²) >= 11 is 4.94. The first-order valence-electron chi connectivity index (χ1n) is 5.07. The standard InChI is InChI=1S/C12H10BrN3OS/c13-10-7-8(4-5-9(10)12(14)16-17)18-11-3-1-2-6-15-11/h1-7,17H,(H2,14,16). The first kappa shape index (κ1) is 12.9. The molecule has 0 aliphatic rings. The number of nitrogens with zero attached hydrogens (tertiary/aromatic N) is 2. The second-order valence-electron chi connectivity index (χ2n) is 3.40. The highest BCUT2D eigenvalue weighted by Crippen LogP contribution is 2.29. The summed E-state index contributed by atoms with van der Waals surface area (Å²) in [5, 5.41) is 12.5. The minimum Gasteiger partial charge on any atom is -0.409 e. The van der Waals surface area contributed by atoms with E-state index in [0.717, 1.165) is 14.4 Å². The molecule has 2 rings (SSSR count). The molecular formula is C12H10BrN3OS. The van der Waals surface area contributed by atoms with E-state index in [9.17, 15) is 0 Å². The maximum Gasteiger partial charge on any atom is 0.171 e. The average molecular weight is 324 g/mol. The number of pyridine rings is 1. The molecule has 0 unspecified atom stereocenters. The molecule has 6 heteroatoms. The van der Waals surface area contributed by atoms with E-state index in [4.69, 9.17) is 10.9 Å². The van der Waals surface area contributed by atoms with Gasteiger partial charge in [-0.3, -0.25) is 0 Å². The smallest absolute Gasteiger partial charge is 0.171 e. The van der Waals surface area contributed by atoms with E-state index in [0.29, 0.717) is 5.56 Å². The quantitative estimate of drug-likeness (QED) is 0.394. The van der Waals surface area contributed by atoms with Crippen molar-refractivity contribution >= 4 is 33.5 Å². The van der Waals surface area contributed by atoms with Crippen LogP contribution in [-0.2, 0) is 0 Å². The first-order valence-corrected chi connectivity index (χ1v) is 6.68. The third kappa shape index (κ3) is 3.02. The summed E-state index contributed by atoms with van der Waals surface area (Å²) in [6, 6.07) is 11.4. The van der Waals surface area contributed by atoms with E-state index in [1.165, 1.54) is 0 Å². The van der Waals surface area contributed by atoms with Gasteiger partial charge in [-0.1, -0.05) is 23.0 Å². The highest BCUT2D eigenvalue weighted by atomic mass is 79.9. The van der Waals surface area contributed by atoms with Gasteiger partial charge in [0.1, 0.15) is 5.03 Å². The molecule has 1 heterocycles. The fourth-order valence-corrected chi connectivity index (χ4v) is 2.90. The van der Waals surface area contributed by atoms with Crippen LogP contribution in [0, 0.1) is 0 Å². The Kier molecular flexibility index (Phi) is 4.22. The van der Waals surface area contributed by atoms with Crippen molar-refractivity contribution in [3.05, 3.63) is 52.6 Å². The zero-order valence-corrected chi connectivity index (χ0v) is 11.6. The normalized spacial score (nSPS) is 11.5. The van der Waals surface area contributed by atoms with Gasteiger partial charge in [0, 0.05) is 21.1 Å². The van der Waals surface area contributed by atoms with Crippen LogP contribution in [0.3, 0.4) is 0 Å². The Morgan fingerprint density at radius 1 is 1.33 bits per heavy atom. The number of nitrogens with two attached hydrogens (primary N) is 1. The van der Waals surface area contributed by atoms with Gasteiger partial charge in [-0.25, -0.2) is 4.98 Å². The van der Waals surface area contributed by atoms with E-state index in [-0.39, 0.29) is 5.84 Å². The lowest BCUT2D eigenvalue weighted by molar-refractivity contribution is 0.318. The third-order valence-corrected chi connectivity index (χ3v) is 3.78. The molecule has 0 spiro atoms. The van der Waals surface area contributed by atoms with Gasteiger partial charge < -0.3 is 10.9 Å². The summed E-state index contributed by atoms with van der Waals surface area (Å²) in [6.45, 7) is 0. The molecule has 0 bridgehead atoms. The molecule has 0 aliphatic heterocycles. The first-order chi connectivity index (χ1) is 8.70. The number of aromatic nitrogens is 1. The third-order valence-electron chi connectivity index (χ3n) is 2.18.